The van der Waals surface area contributed by atoms with E-state index >= 15 is 0 Å². The Morgan fingerprint density at radius 1 is 1.63 bits per heavy atom. The minimum Gasteiger partial charge on any atom is -0.379 e. The van der Waals surface area contributed by atoms with E-state index in [2.05, 4.69) is 17.1 Å². The monoisotopic (exact) mass is 278 g/mol. The van der Waals surface area contributed by atoms with E-state index in [4.69, 9.17) is 16.4 Å². The molecule has 1 aliphatic heterocycles. The molecular weight excluding hydrogens is 264 g/mol. The van der Waals surface area contributed by atoms with Gasteiger partial charge in [0, 0.05) is 23.6 Å². The van der Waals surface area contributed by atoms with Crippen LogP contribution < -0.4 is 5.32 Å². The Hall–Kier alpha value is -1.81. The summed E-state index contributed by atoms with van der Waals surface area (Å²) in [6.07, 6.45) is 2.01. The van der Waals surface area contributed by atoms with Gasteiger partial charge < -0.3 is 10.2 Å². The van der Waals surface area contributed by atoms with E-state index in [1.807, 2.05) is 18.2 Å². The summed E-state index contributed by atoms with van der Waals surface area (Å²) in [7, 11) is 0. The quantitative estimate of drug-likeness (QED) is 0.861. The molecule has 0 saturated carbocycles. The minimum absolute atomic E-state index is 0.210. The molecule has 1 heterocycles. The van der Waals surface area contributed by atoms with Crippen molar-refractivity contribution in [2.75, 3.05) is 6.54 Å². The summed E-state index contributed by atoms with van der Waals surface area (Å²) < 4.78 is 0. The van der Waals surface area contributed by atoms with Crippen LogP contribution in [0.4, 0.5) is 0 Å². The molecule has 0 aliphatic carbocycles. The van der Waals surface area contributed by atoms with Crippen molar-refractivity contribution in [3.63, 3.8) is 0 Å². The molecule has 100 valence electrons. The molecule has 1 aromatic carbocycles. The number of hydrogen-bond acceptors (Lipinski definition) is 3. The molecule has 0 spiro atoms. The number of benzene rings is 1. The smallest absolute Gasteiger partial charge is 0.267 e. The van der Waals surface area contributed by atoms with Crippen LogP contribution in [0.25, 0.3) is 0 Å². The molecule has 0 aromatic heterocycles. The van der Waals surface area contributed by atoms with E-state index in [0.29, 0.717) is 23.7 Å². The fraction of sp³-hybridized carbons (Fsp3) is 0.286. The van der Waals surface area contributed by atoms with Crippen LogP contribution in [0, 0.1) is 0 Å². The van der Waals surface area contributed by atoms with Crippen LogP contribution in [-0.4, -0.2) is 23.8 Å². The van der Waals surface area contributed by atoms with Gasteiger partial charge in [-0.1, -0.05) is 41.0 Å². The lowest BCUT2D eigenvalue weighted by Crippen LogP contribution is -2.44. The lowest BCUT2D eigenvalue weighted by Gasteiger charge is -2.19. The van der Waals surface area contributed by atoms with Gasteiger partial charge in [-0.05, 0) is 13.0 Å². The molecule has 0 bridgehead atoms. The minimum atomic E-state index is -0.989. The molecule has 1 N–H and O–H groups in total. The summed E-state index contributed by atoms with van der Waals surface area (Å²) in [5.74, 6) is -0.210. The van der Waals surface area contributed by atoms with E-state index in [0.717, 1.165) is 5.56 Å². The lowest BCUT2D eigenvalue weighted by atomic mass is 9.95. The second-order valence-corrected chi connectivity index (χ2v) is 4.92. The van der Waals surface area contributed by atoms with Crippen molar-refractivity contribution >= 4 is 23.2 Å². The Labute approximate surface area is 117 Å². The Morgan fingerprint density at radius 3 is 3.05 bits per heavy atom. The Bertz CT molecular complexity index is 542. The first-order valence-corrected chi connectivity index (χ1v) is 6.34. The Kier molecular flexibility index (Phi) is 3.90. The molecule has 1 atom stereocenters. The van der Waals surface area contributed by atoms with Gasteiger partial charge in [-0.25, -0.2) is 0 Å². The number of hydrogen-bond donors (Lipinski definition) is 1. The van der Waals surface area contributed by atoms with Crippen molar-refractivity contribution in [2.24, 2.45) is 5.16 Å². The summed E-state index contributed by atoms with van der Waals surface area (Å²) >= 11 is 6.11. The highest BCUT2D eigenvalue weighted by molar-refractivity contribution is 6.34. The fourth-order valence-electron chi connectivity index (χ4n) is 1.85. The van der Waals surface area contributed by atoms with Crippen molar-refractivity contribution in [3.05, 3.63) is 47.5 Å². The molecule has 0 radical (unpaired) electrons. The van der Waals surface area contributed by atoms with Crippen LogP contribution in [0.2, 0.25) is 5.02 Å². The van der Waals surface area contributed by atoms with Gasteiger partial charge in [-0.3, -0.25) is 4.79 Å². The van der Waals surface area contributed by atoms with Gasteiger partial charge in [0.05, 0.1) is 5.71 Å². The van der Waals surface area contributed by atoms with Crippen LogP contribution in [0.1, 0.15) is 18.9 Å². The molecule has 4 nitrogen and oxygen atoms in total. The summed E-state index contributed by atoms with van der Waals surface area (Å²) in [6, 6.07) is 7.36. The highest BCUT2D eigenvalue weighted by Crippen LogP contribution is 2.29. The maximum Gasteiger partial charge on any atom is 0.267 e. The fourth-order valence-corrected chi connectivity index (χ4v) is 2.10. The number of nitrogens with one attached hydrogen (secondary N) is 1. The summed E-state index contributed by atoms with van der Waals surface area (Å²) in [6.45, 7) is 5.66. The first-order chi connectivity index (χ1) is 9.07. The number of oxime groups is 1. The molecule has 1 aromatic rings. The van der Waals surface area contributed by atoms with Gasteiger partial charge in [0.1, 0.15) is 0 Å². The van der Waals surface area contributed by atoms with E-state index in [1.54, 1.807) is 19.1 Å². The van der Waals surface area contributed by atoms with Crippen molar-refractivity contribution in [1.82, 2.24) is 5.32 Å². The third-order valence-electron chi connectivity index (χ3n) is 2.93. The number of carbonyl (C=O) groups excluding carboxylic acids is 1. The van der Waals surface area contributed by atoms with Gasteiger partial charge in [-0.15, -0.1) is 6.58 Å². The van der Waals surface area contributed by atoms with Crippen LogP contribution in [0.3, 0.4) is 0 Å². The third-order valence-corrected chi connectivity index (χ3v) is 3.26. The molecular formula is C14H15ClN2O2. The van der Waals surface area contributed by atoms with Crippen molar-refractivity contribution in [1.29, 1.82) is 0 Å². The van der Waals surface area contributed by atoms with Crippen LogP contribution in [0.5, 0.6) is 0 Å². The first-order valence-electron chi connectivity index (χ1n) is 5.96. The number of rotatable bonds is 4. The van der Waals surface area contributed by atoms with E-state index in [-0.39, 0.29) is 5.91 Å². The molecule has 1 aliphatic rings. The highest BCUT2D eigenvalue weighted by Gasteiger charge is 2.42. The van der Waals surface area contributed by atoms with Gasteiger partial charge in [0.25, 0.3) is 5.91 Å². The number of amides is 1. The second kappa shape index (κ2) is 5.45. The maximum absolute atomic E-state index is 12.0. The molecule has 0 fully saturated rings. The van der Waals surface area contributed by atoms with Crippen molar-refractivity contribution < 1.29 is 9.63 Å². The van der Waals surface area contributed by atoms with Gasteiger partial charge in [0.15, 0.2) is 0 Å². The predicted molar refractivity (Wildman–Crippen MR) is 75.3 cm³/mol. The van der Waals surface area contributed by atoms with Crippen LogP contribution in [0.15, 0.2) is 42.1 Å². The average molecular weight is 279 g/mol. The Morgan fingerprint density at radius 2 is 2.37 bits per heavy atom. The molecule has 1 unspecified atom stereocenters. The van der Waals surface area contributed by atoms with Gasteiger partial charge >= 0.3 is 0 Å². The molecule has 1 amide bonds. The number of nitrogens with zero attached hydrogens (tertiary/aromatic N) is 1. The summed E-state index contributed by atoms with van der Waals surface area (Å²) in [5, 5.41) is 7.31. The third kappa shape index (κ3) is 2.79. The second-order valence-electron chi connectivity index (χ2n) is 4.52. The maximum atomic E-state index is 12.0. The van der Waals surface area contributed by atoms with Crippen LogP contribution in [-0.2, 0) is 9.63 Å². The van der Waals surface area contributed by atoms with Gasteiger partial charge in [-0.2, -0.15) is 0 Å². The van der Waals surface area contributed by atoms with Crippen LogP contribution >= 0.6 is 11.6 Å². The van der Waals surface area contributed by atoms with Crippen molar-refractivity contribution in [3.8, 4) is 0 Å². The molecule has 5 heteroatoms. The van der Waals surface area contributed by atoms with E-state index in [9.17, 15) is 4.79 Å². The summed E-state index contributed by atoms with van der Waals surface area (Å²) in [4.78, 5) is 17.3. The van der Waals surface area contributed by atoms with E-state index in [1.165, 1.54) is 0 Å². The summed E-state index contributed by atoms with van der Waals surface area (Å²) in [5.41, 5.74) is 0.489. The largest absolute Gasteiger partial charge is 0.379 e. The zero-order valence-electron chi connectivity index (χ0n) is 10.6. The molecule has 0 saturated heterocycles. The first kappa shape index (κ1) is 13.6. The lowest BCUT2D eigenvalue weighted by molar-refractivity contribution is -0.141. The predicted octanol–water partition coefficient (Wildman–Crippen LogP) is 2.53. The average Bonchev–Trinajstić information content (AvgIpc) is 2.80. The number of carbonyl (C=O) groups is 1. The SMILES string of the molecule is C=CCNC(=O)C1(C)CC(c2ccccc2Cl)=NO1. The molecule has 2 rings (SSSR count). The van der Waals surface area contributed by atoms with Gasteiger partial charge in [0.2, 0.25) is 5.60 Å². The zero-order valence-corrected chi connectivity index (χ0v) is 11.4. The van der Waals surface area contributed by atoms with E-state index < -0.39 is 5.60 Å². The molecule has 19 heavy (non-hydrogen) atoms. The van der Waals surface area contributed by atoms with Crippen molar-refractivity contribution in [2.45, 2.75) is 18.9 Å². The highest BCUT2D eigenvalue weighted by atomic mass is 35.5. The normalized spacial score (nSPS) is 21.5. The number of halogens is 1. The topological polar surface area (TPSA) is 50.7 Å². The standard InChI is InChI=1S/C14H15ClN2O2/c1-3-8-16-13(18)14(2)9-12(17-19-14)10-6-4-5-7-11(10)15/h3-7H,1,8-9H2,2H3,(H,16,18). The Balaban J connectivity index is 2.12. The zero-order chi connectivity index (χ0) is 13.9.